The molecule has 1 rings (SSSR count). The molecule has 0 radical (unpaired) electrons. The normalized spacial score (nSPS) is 9.94. The predicted molar refractivity (Wildman–Crippen MR) is 63.5 cm³/mol. The Morgan fingerprint density at radius 3 is 2.24 bits per heavy atom. The Bertz CT molecular complexity index is 417. The van der Waals surface area contributed by atoms with Gasteiger partial charge >= 0.3 is 106 Å². The molecule has 5 nitrogen and oxygen atoms in total. The third kappa shape index (κ3) is 4.91. The standard InChI is InChI=1S/C11H13AsN2O3/c1-8(15)13-6-7-14-11(16)9-2-4-10(12-17)5-3-9/h2-5H,6-7H2,1H3,(H,13,15)(H,14,16). The summed E-state index contributed by atoms with van der Waals surface area (Å²) in [5, 5.41) is 5.25. The summed E-state index contributed by atoms with van der Waals surface area (Å²) in [5.74, 6) is -0.327. The first-order valence-electron chi connectivity index (χ1n) is 5.09. The number of hydrogen-bond acceptors (Lipinski definition) is 3. The van der Waals surface area contributed by atoms with Crippen LogP contribution in [0.2, 0.25) is 0 Å². The number of benzene rings is 1. The molecule has 17 heavy (non-hydrogen) atoms. The van der Waals surface area contributed by atoms with Crippen LogP contribution in [0.5, 0.6) is 0 Å². The monoisotopic (exact) mass is 296 g/mol. The molecule has 1 aromatic carbocycles. The van der Waals surface area contributed by atoms with Crippen molar-refractivity contribution in [3.63, 3.8) is 0 Å². The molecule has 2 amide bonds. The van der Waals surface area contributed by atoms with Crippen molar-refractivity contribution in [3.05, 3.63) is 29.8 Å². The second kappa shape index (κ2) is 6.96. The van der Waals surface area contributed by atoms with Crippen LogP contribution in [0, 0.1) is 0 Å². The molecule has 0 saturated heterocycles. The van der Waals surface area contributed by atoms with Crippen LogP contribution in [0.15, 0.2) is 24.3 Å². The van der Waals surface area contributed by atoms with Gasteiger partial charge < -0.3 is 0 Å². The zero-order chi connectivity index (χ0) is 12.7. The molecule has 6 heteroatoms. The zero-order valence-corrected chi connectivity index (χ0v) is 11.3. The van der Waals surface area contributed by atoms with Crippen LogP contribution in [0.4, 0.5) is 0 Å². The van der Waals surface area contributed by atoms with E-state index in [4.69, 9.17) is 0 Å². The molecule has 0 aliphatic rings. The molecule has 90 valence electrons. The van der Waals surface area contributed by atoms with Gasteiger partial charge in [0.1, 0.15) is 0 Å². The van der Waals surface area contributed by atoms with Crippen LogP contribution in [0.3, 0.4) is 0 Å². The van der Waals surface area contributed by atoms with Gasteiger partial charge in [-0.3, -0.25) is 0 Å². The molecule has 1 aromatic rings. The van der Waals surface area contributed by atoms with E-state index in [1.165, 1.54) is 6.92 Å². The molecule has 0 spiro atoms. The van der Waals surface area contributed by atoms with E-state index in [9.17, 15) is 13.3 Å². The topological polar surface area (TPSA) is 75.3 Å². The van der Waals surface area contributed by atoms with Gasteiger partial charge in [-0.15, -0.1) is 0 Å². The molecule has 0 heterocycles. The Labute approximate surface area is 106 Å². The number of nitrogens with one attached hydrogen (secondary N) is 2. The van der Waals surface area contributed by atoms with Crippen molar-refractivity contribution in [1.29, 1.82) is 0 Å². The average molecular weight is 296 g/mol. The van der Waals surface area contributed by atoms with Gasteiger partial charge in [-0.1, -0.05) is 0 Å². The van der Waals surface area contributed by atoms with E-state index in [0.717, 1.165) is 4.35 Å². The second-order valence-corrected chi connectivity index (χ2v) is 4.84. The van der Waals surface area contributed by atoms with Crippen LogP contribution < -0.4 is 15.0 Å². The molecular formula is C11H13AsN2O3. The van der Waals surface area contributed by atoms with E-state index in [2.05, 4.69) is 10.6 Å². The quantitative estimate of drug-likeness (QED) is 0.553. The third-order valence-corrected chi connectivity index (χ3v) is 3.09. The van der Waals surface area contributed by atoms with Gasteiger partial charge in [0.25, 0.3) is 0 Å². The number of carbonyl (C=O) groups excluding carboxylic acids is 2. The fourth-order valence-electron chi connectivity index (χ4n) is 1.19. The Morgan fingerprint density at radius 1 is 1.12 bits per heavy atom. The Hall–Kier alpha value is -1.48. The summed E-state index contributed by atoms with van der Waals surface area (Å²) in [4.78, 5) is 22.2. The Balaban J connectivity index is 2.41. The zero-order valence-electron chi connectivity index (χ0n) is 9.40. The summed E-state index contributed by atoms with van der Waals surface area (Å²) in [7, 11) is 0. The van der Waals surface area contributed by atoms with Gasteiger partial charge in [0.2, 0.25) is 0 Å². The maximum atomic E-state index is 11.6. The third-order valence-electron chi connectivity index (χ3n) is 2.02. The van der Waals surface area contributed by atoms with Gasteiger partial charge in [0.05, 0.1) is 0 Å². The van der Waals surface area contributed by atoms with E-state index in [-0.39, 0.29) is 11.8 Å². The molecule has 0 fully saturated rings. The minimum atomic E-state index is -1.04. The molecule has 0 unspecified atom stereocenters. The molecule has 0 aliphatic carbocycles. The van der Waals surface area contributed by atoms with Gasteiger partial charge in [0, 0.05) is 0 Å². The van der Waals surface area contributed by atoms with E-state index in [1.54, 1.807) is 24.3 Å². The van der Waals surface area contributed by atoms with Crippen molar-refractivity contribution < 1.29 is 13.3 Å². The summed E-state index contributed by atoms with van der Waals surface area (Å²) >= 11 is -1.04. The van der Waals surface area contributed by atoms with Gasteiger partial charge in [0.15, 0.2) is 0 Å². The maximum absolute atomic E-state index is 11.6. The number of amides is 2. The second-order valence-electron chi connectivity index (χ2n) is 3.38. The molecule has 0 aliphatic heterocycles. The van der Waals surface area contributed by atoms with Crippen LogP contribution >= 0.6 is 0 Å². The van der Waals surface area contributed by atoms with E-state index in [0.29, 0.717) is 18.7 Å². The van der Waals surface area contributed by atoms with Crippen LogP contribution in [0.25, 0.3) is 0 Å². The molecule has 0 aromatic heterocycles. The minimum absolute atomic E-state index is 0.123. The fraction of sp³-hybridized carbons (Fsp3) is 0.273. The van der Waals surface area contributed by atoms with Gasteiger partial charge in [-0.05, 0) is 0 Å². The summed E-state index contributed by atoms with van der Waals surface area (Å²) < 4.78 is 11.4. The average Bonchev–Trinajstić information content (AvgIpc) is 2.34. The first-order chi connectivity index (χ1) is 8.13. The molecule has 0 atom stereocenters. The van der Waals surface area contributed by atoms with Crippen LogP contribution in [-0.4, -0.2) is 40.6 Å². The summed E-state index contributed by atoms with van der Waals surface area (Å²) in [5.41, 5.74) is 0.520. The molecular weight excluding hydrogens is 283 g/mol. The van der Waals surface area contributed by atoms with E-state index >= 15 is 0 Å². The number of carbonyl (C=O) groups is 2. The fourth-order valence-corrected chi connectivity index (χ4v) is 1.76. The molecule has 2 N–H and O–H groups in total. The van der Waals surface area contributed by atoms with Crippen molar-refractivity contribution in [2.75, 3.05) is 13.1 Å². The molecule has 0 bridgehead atoms. The van der Waals surface area contributed by atoms with Crippen molar-refractivity contribution in [2.24, 2.45) is 0 Å². The van der Waals surface area contributed by atoms with Crippen molar-refractivity contribution in [1.82, 2.24) is 10.6 Å². The van der Waals surface area contributed by atoms with Crippen molar-refractivity contribution in [2.45, 2.75) is 6.92 Å². The first kappa shape index (κ1) is 13.6. The Morgan fingerprint density at radius 2 is 1.71 bits per heavy atom. The van der Waals surface area contributed by atoms with E-state index < -0.39 is 15.7 Å². The van der Waals surface area contributed by atoms with Crippen LogP contribution in [0.1, 0.15) is 17.3 Å². The Kier molecular flexibility index (Phi) is 5.56. The summed E-state index contributed by atoms with van der Waals surface area (Å²) in [6.07, 6.45) is 0. The SMILES string of the molecule is CC(=O)NCCNC(=O)c1ccc([As]=O)cc1. The first-order valence-corrected chi connectivity index (χ1v) is 6.80. The number of hydrogen-bond donors (Lipinski definition) is 2. The number of rotatable bonds is 5. The summed E-state index contributed by atoms with van der Waals surface area (Å²) in [6.45, 7) is 2.21. The van der Waals surface area contributed by atoms with Gasteiger partial charge in [-0.2, -0.15) is 0 Å². The van der Waals surface area contributed by atoms with Gasteiger partial charge in [-0.25, -0.2) is 0 Å². The van der Waals surface area contributed by atoms with E-state index in [1.807, 2.05) is 0 Å². The van der Waals surface area contributed by atoms with Crippen LogP contribution in [-0.2, 0) is 8.53 Å². The molecule has 0 saturated carbocycles. The summed E-state index contributed by atoms with van der Waals surface area (Å²) in [6, 6.07) is 6.62. The van der Waals surface area contributed by atoms with Crippen molar-refractivity contribution >= 4 is 31.9 Å². The predicted octanol–water partition coefficient (Wildman–Crippen LogP) is -0.772. The van der Waals surface area contributed by atoms with Crippen molar-refractivity contribution in [3.8, 4) is 0 Å².